The molecule has 0 aliphatic rings. The van der Waals surface area contributed by atoms with Crippen LogP contribution in [-0.2, 0) is 14.6 Å². The molecule has 0 fully saturated rings. The molecule has 0 bridgehead atoms. The van der Waals surface area contributed by atoms with Gasteiger partial charge in [-0.15, -0.1) is 0 Å². The average molecular weight is 266 g/mol. The topological polar surface area (TPSA) is 104 Å². The van der Waals surface area contributed by atoms with Gasteiger partial charge >= 0.3 is 12.0 Å². The van der Waals surface area contributed by atoms with Gasteiger partial charge in [-0.3, -0.25) is 4.79 Å². The Kier molecular flexibility index (Phi) is 5.94. The van der Waals surface area contributed by atoms with E-state index in [9.17, 15) is 18.0 Å². The summed E-state index contributed by atoms with van der Waals surface area (Å²) in [5, 5.41) is 11.0. The number of urea groups is 1. The van der Waals surface area contributed by atoms with E-state index in [0.717, 1.165) is 6.26 Å². The van der Waals surface area contributed by atoms with Crippen LogP contribution < -0.4 is 5.32 Å². The third kappa shape index (κ3) is 7.56. The number of nitrogens with one attached hydrogen (secondary N) is 1. The molecule has 0 heterocycles. The van der Waals surface area contributed by atoms with E-state index in [1.54, 1.807) is 0 Å². The maximum absolute atomic E-state index is 11.4. The number of carboxylic acid groups (broad SMARTS) is 1. The van der Waals surface area contributed by atoms with E-state index < -0.39 is 27.8 Å². The molecule has 7 nitrogen and oxygen atoms in total. The average Bonchev–Trinajstić information content (AvgIpc) is 2.20. The second-order valence-corrected chi connectivity index (χ2v) is 6.24. The Morgan fingerprint density at radius 2 is 1.94 bits per heavy atom. The minimum atomic E-state index is -3.11. The standard InChI is InChI=1S/C9H18N2O5S/c1-7(8(12)13)6-10-9(14)11(2)4-5-17(3,15)16/h7H,4-6H2,1-3H3,(H,10,14)(H,12,13). The van der Waals surface area contributed by atoms with Gasteiger partial charge in [-0.25, -0.2) is 13.2 Å². The molecule has 0 aliphatic heterocycles. The first-order valence-corrected chi connectivity index (χ1v) is 7.09. The van der Waals surface area contributed by atoms with Gasteiger partial charge in [0.25, 0.3) is 0 Å². The fourth-order valence-corrected chi connectivity index (χ4v) is 1.47. The van der Waals surface area contributed by atoms with Crippen molar-refractivity contribution in [2.24, 2.45) is 5.92 Å². The predicted octanol–water partition coefficient (Wildman–Crippen LogP) is -0.607. The third-order valence-corrected chi connectivity index (χ3v) is 3.05. The number of amides is 2. The van der Waals surface area contributed by atoms with Crippen LogP contribution in [0.3, 0.4) is 0 Å². The van der Waals surface area contributed by atoms with Crippen molar-refractivity contribution in [3.05, 3.63) is 0 Å². The van der Waals surface area contributed by atoms with Crippen LogP contribution in [-0.4, -0.2) is 62.6 Å². The Balaban J connectivity index is 4.03. The molecule has 0 aromatic carbocycles. The molecular formula is C9H18N2O5S. The predicted molar refractivity (Wildman–Crippen MR) is 62.5 cm³/mol. The van der Waals surface area contributed by atoms with Crippen molar-refractivity contribution in [2.45, 2.75) is 6.92 Å². The summed E-state index contributed by atoms with van der Waals surface area (Å²) >= 11 is 0. The number of aliphatic carboxylic acids is 1. The fourth-order valence-electron chi connectivity index (χ4n) is 0.867. The Morgan fingerprint density at radius 1 is 1.41 bits per heavy atom. The number of hydrogen-bond acceptors (Lipinski definition) is 4. The molecule has 2 N–H and O–H groups in total. The highest BCUT2D eigenvalue weighted by Gasteiger charge is 2.15. The summed E-state index contributed by atoms with van der Waals surface area (Å²) in [6.07, 6.45) is 1.09. The van der Waals surface area contributed by atoms with Crippen molar-refractivity contribution >= 4 is 21.8 Å². The lowest BCUT2D eigenvalue weighted by Crippen LogP contribution is -2.42. The molecule has 0 rings (SSSR count). The molecule has 0 spiro atoms. The second-order valence-electron chi connectivity index (χ2n) is 3.98. The zero-order chi connectivity index (χ0) is 13.6. The van der Waals surface area contributed by atoms with Crippen LogP contribution in [0.1, 0.15) is 6.92 Å². The molecule has 8 heteroatoms. The van der Waals surface area contributed by atoms with Crippen molar-refractivity contribution in [1.29, 1.82) is 0 Å². The first-order chi connectivity index (χ1) is 7.63. The Morgan fingerprint density at radius 3 is 2.35 bits per heavy atom. The SMILES string of the molecule is CC(CNC(=O)N(C)CCS(C)(=O)=O)C(=O)O. The maximum Gasteiger partial charge on any atom is 0.317 e. The van der Waals surface area contributed by atoms with Gasteiger partial charge in [-0.05, 0) is 0 Å². The molecule has 0 aromatic heterocycles. The number of carbonyl (C=O) groups excluding carboxylic acids is 1. The van der Waals surface area contributed by atoms with Crippen LogP contribution in [0.2, 0.25) is 0 Å². The van der Waals surface area contributed by atoms with Crippen molar-refractivity contribution < 1.29 is 23.1 Å². The van der Waals surface area contributed by atoms with Gasteiger partial charge in [0, 0.05) is 26.4 Å². The van der Waals surface area contributed by atoms with Gasteiger partial charge in [0.1, 0.15) is 9.84 Å². The largest absolute Gasteiger partial charge is 0.481 e. The third-order valence-electron chi connectivity index (χ3n) is 2.13. The minimum Gasteiger partial charge on any atom is -0.481 e. The second kappa shape index (κ2) is 6.43. The van der Waals surface area contributed by atoms with E-state index in [4.69, 9.17) is 5.11 Å². The summed E-state index contributed by atoms with van der Waals surface area (Å²) in [5.41, 5.74) is 0. The van der Waals surface area contributed by atoms with Crippen molar-refractivity contribution in [2.75, 3.05) is 32.1 Å². The molecule has 17 heavy (non-hydrogen) atoms. The summed E-state index contributed by atoms with van der Waals surface area (Å²) in [7, 11) is -1.66. The van der Waals surface area contributed by atoms with E-state index in [0.29, 0.717) is 0 Å². The number of rotatable bonds is 6. The maximum atomic E-state index is 11.4. The highest BCUT2D eigenvalue weighted by atomic mass is 32.2. The number of nitrogens with zero attached hydrogens (tertiary/aromatic N) is 1. The van der Waals surface area contributed by atoms with Crippen LogP contribution in [0.5, 0.6) is 0 Å². The summed E-state index contributed by atoms with van der Waals surface area (Å²) in [5.74, 6) is -1.79. The molecule has 0 radical (unpaired) electrons. The first kappa shape index (κ1) is 15.7. The Bertz CT molecular complexity index is 379. The first-order valence-electron chi connectivity index (χ1n) is 5.03. The van der Waals surface area contributed by atoms with Crippen molar-refractivity contribution in [3.8, 4) is 0 Å². The van der Waals surface area contributed by atoms with Crippen LogP contribution in [0, 0.1) is 5.92 Å². The van der Waals surface area contributed by atoms with E-state index in [-0.39, 0.29) is 18.8 Å². The van der Waals surface area contributed by atoms with E-state index >= 15 is 0 Å². The van der Waals surface area contributed by atoms with E-state index in [1.165, 1.54) is 18.9 Å². The lowest BCUT2D eigenvalue weighted by molar-refractivity contribution is -0.140. The molecule has 0 saturated carbocycles. The van der Waals surface area contributed by atoms with Crippen LogP contribution >= 0.6 is 0 Å². The Hall–Kier alpha value is -1.31. The lowest BCUT2D eigenvalue weighted by atomic mass is 10.2. The van der Waals surface area contributed by atoms with Gasteiger partial charge in [0.15, 0.2) is 0 Å². The smallest absolute Gasteiger partial charge is 0.317 e. The monoisotopic (exact) mass is 266 g/mol. The highest BCUT2D eigenvalue weighted by molar-refractivity contribution is 7.90. The molecule has 2 amide bonds. The Labute approximate surface area is 101 Å². The molecular weight excluding hydrogens is 248 g/mol. The normalized spacial score (nSPS) is 12.9. The fraction of sp³-hybridized carbons (Fsp3) is 0.778. The molecule has 0 saturated heterocycles. The van der Waals surface area contributed by atoms with E-state index in [1.807, 2.05) is 0 Å². The number of hydrogen-bond donors (Lipinski definition) is 2. The van der Waals surface area contributed by atoms with Gasteiger partial charge in [-0.2, -0.15) is 0 Å². The molecule has 1 atom stereocenters. The summed E-state index contributed by atoms with van der Waals surface area (Å²) < 4.78 is 21.8. The van der Waals surface area contributed by atoms with Crippen LogP contribution in [0.4, 0.5) is 4.79 Å². The van der Waals surface area contributed by atoms with E-state index in [2.05, 4.69) is 5.32 Å². The summed E-state index contributed by atoms with van der Waals surface area (Å²) in [6.45, 7) is 1.56. The van der Waals surface area contributed by atoms with Gasteiger partial charge in [-0.1, -0.05) is 6.92 Å². The number of sulfone groups is 1. The van der Waals surface area contributed by atoms with Gasteiger partial charge < -0.3 is 15.3 Å². The summed E-state index contributed by atoms with van der Waals surface area (Å²) in [6, 6.07) is -0.484. The zero-order valence-electron chi connectivity index (χ0n) is 10.1. The quantitative estimate of drug-likeness (QED) is 0.667. The minimum absolute atomic E-state index is 0.0113. The van der Waals surface area contributed by atoms with Gasteiger partial charge in [0.05, 0.1) is 11.7 Å². The van der Waals surface area contributed by atoms with Crippen molar-refractivity contribution in [1.82, 2.24) is 10.2 Å². The number of carbonyl (C=O) groups is 2. The van der Waals surface area contributed by atoms with Crippen LogP contribution in [0.15, 0.2) is 0 Å². The molecule has 0 aliphatic carbocycles. The molecule has 0 aromatic rings. The zero-order valence-corrected chi connectivity index (χ0v) is 11.0. The highest BCUT2D eigenvalue weighted by Crippen LogP contribution is 1.93. The molecule has 1 unspecified atom stereocenters. The lowest BCUT2D eigenvalue weighted by Gasteiger charge is -2.18. The van der Waals surface area contributed by atoms with Crippen LogP contribution in [0.25, 0.3) is 0 Å². The van der Waals surface area contributed by atoms with Crippen molar-refractivity contribution in [3.63, 3.8) is 0 Å². The molecule has 100 valence electrons. The van der Waals surface area contributed by atoms with Gasteiger partial charge in [0.2, 0.25) is 0 Å². The number of carboxylic acids is 1. The summed E-state index contributed by atoms with van der Waals surface area (Å²) in [4.78, 5) is 23.1.